The Bertz CT molecular complexity index is 754. The van der Waals surface area contributed by atoms with Crippen molar-refractivity contribution in [2.24, 2.45) is 5.92 Å². The Kier molecular flexibility index (Phi) is 4.97. The molecule has 1 atom stereocenters. The van der Waals surface area contributed by atoms with E-state index in [9.17, 15) is 4.79 Å². The molecule has 1 saturated heterocycles. The molecule has 0 saturated carbocycles. The molecule has 2 aromatic rings. The topological polar surface area (TPSA) is 71.0 Å². The summed E-state index contributed by atoms with van der Waals surface area (Å²) >= 11 is 0. The summed E-state index contributed by atoms with van der Waals surface area (Å²) in [6, 6.07) is 7.84. The lowest BCUT2D eigenvalue weighted by Crippen LogP contribution is -2.34. The second kappa shape index (κ2) is 7.17. The number of aromatic nitrogens is 3. The third kappa shape index (κ3) is 3.95. The molecule has 0 aromatic carbocycles. The van der Waals surface area contributed by atoms with Crippen molar-refractivity contribution in [3.05, 3.63) is 41.3 Å². The fourth-order valence-electron chi connectivity index (χ4n) is 3.27. The van der Waals surface area contributed by atoms with Crippen LogP contribution in [0.4, 0.5) is 11.8 Å². The van der Waals surface area contributed by atoms with Crippen LogP contribution in [0, 0.1) is 19.8 Å². The number of pyridine rings is 1. The number of anilines is 2. The highest BCUT2D eigenvalue weighted by molar-refractivity contribution is 5.78. The molecule has 0 bridgehead atoms. The number of rotatable bonds is 4. The summed E-state index contributed by atoms with van der Waals surface area (Å²) in [6.07, 6.45) is 1.97. The second-order valence-corrected chi connectivity index (χ2v) is 6.89. The van der Waals surface area contributed by atoms with E-state index in [1.807, 2.05) is 56.9 Å². The maximum Gasteiger partial charge on any atom is 0.228 e. The minimum absolute atomic E-state index is 0.00516. The highest BCUT2D eigenvalue weighted by Crippen LogP contribution is 2.32. The Morgan fingerprint density at radius 1 is 1.20 bits per heavy atom. The van der Waals surface area contributed by atoms with E-state index in [0.29, 0.717) is 11.8 Å². The first-order valence-corrected chi connectivity index (χ1v) is 8.81. The Morgan fingerprint density at radius 2 is 1.92 bits per heavy atom. The lowest BCUT2D eigenvalue weighted by Gasteiger charge is -2.26. The summed E-state index contributed by atoms with van der Waals surface area (Å²) in [4.78, 5) is 27.9. The van der Waals surface area contributed by atoms with Crippen LogP contribution >= 0.6 is 0 Å². The largest absolute Gasteiger partial charge is 0.334 e. The predicted molar refractivity (Wildman–Crippen MR) is 97.6 cm³/mol. The second-order valence-electron chi connectivity index (χ2n) is 6.89. The van der Waals surface area contributed by atoms with Gasteiger partial charge in [0.05, 0.1) is 11.7 Å². The third-order valence-electron chi connectivity index (χ3n) is 4.36. The van der Waals surface area contributed by atoms with Crippen LogP contribution in [0.5, 0.6) is 0 Å². The van der Waals surface area contributed by atoms with Crippen LogP contribution in [0.3, 0.4) is 0 Å². The van der Waals surface area contributed by atoms with Gasteiger partial charge < -0.3 is 10.2 Å². The SMILES string of the molecule is Cc1cc(C)nc(Nc2cccc([C@@H]3CCCN3C(=O)C(C)C)n2)n1. The van der Waals surface area contributed by atoms with Gasteiger partial charge in [-0.2, -0.15) is 0 Å². The summed E-state index contributed by atoms with van der Waals surface area (Å²) < 4.78 is 0. The predicted octanol–water partition coefficient (Wildman–Crippen LogP) is 3.55. The van der Waals surface area contributed by atoms with Crippen molar-refractivity contribution in [3.63, 3.8) is 0 Å². The molecule has 2 aromatic heterocycles. The highest BCUT2D eigenvalue weighted by atomic mass is 16.2. The number of amides is 1. The van der Waals surface area contributed by atoms with E-state index in [1.165, 1.54) is 0 Å². The molecule has 6 nitrogen and oxygen atoms in total. The van der Waals surface area contributed by atoms with Crippen molar-refractivity contribution in [3.8, 4) is 0 Å². The number of nitrogens with one attached hydrogen (secondary N) is 1. The lowest BCUT2D eigenvalue weighted by molar-refractivity contribution is -0.135. The molecule has 25 heavy (non-hydrogen) atoms. The molecule has 0 radical (unpaired) electrons. The van der Waals surface area contributed by atoms with E-state index in [4.69, 9.17) is 4.98 Å². The number of hydrogen-bond donors (Lipinski definition) is 1. The molecule has 1 fully saturated rings. The van der Waals surface area contributed by atoms with Crippen LogP contribution in [0.1, 0.15) is 49.8 Å². The van der Waals surface area contributed by atoms with Gasteiger partial charge in [0, 0.05) is 23.9 Å². The molecule has 1 N–H and O–H groups in total. The first-order valence-electron chi connectivity index (χ1n) is 8.81. The average molecular weight is 339 g/mol. The van der Waals surface area contributed by atoms with Gasteiger partial charge in [0.15, 0.2) is 0 Å². The van der Waals surface area contributed by atoms with E-state index < -0.39 is 0 Å². The minimum atomic E-state index is 0.00516. The van der Waals surface area contributed by atoms with Crippen molar-refractivity contribution in [2.45, 2.75) is 46.6 Å². The van der Waals surface area contributed by atoms with Crippen molar-refractivity contribution in [2.75, 3.05) is 11.9 Å². The molecule has 6 heteroatoms. The molecule has 0 spiro atoms. The Morgan fingerprint density at radius 3 is 2.60 bits per heavy atom. The summed E-state index contributed by atoms with van der Waals surface area (Å²) in [7, 11) is 0. The van der Waals surface area contributed by atoms with Crippen LogP contribution in [0.15, 0.2) is 24.3 Å². The van der Waals surface area contributed by atoms with Gasteiger partial charge in [-0.05, 0) is 44.9 Å². The average Bonchev–Trinajstić information content (AvgIpc) is 3.02. The van der Waals surface area contributed by atoms with Crippen molar-refractivity contribution < 1.29 is 4.79 Å². The van der Waals surface area contributed by atoms with Crippen molar-refractivity contribution in [1.82, 2.24) is 19.9 Å². The van der Waals surface area contributed by atoms with Crippen LogP contribution in [0.2, 0.25) is 0 Å². The highest BCUT2D eigenvalue weighted by Gasteiger charge is 2.32. The molecule has 3 rings (SSSR count). The number of carbonyl (C=O) groups is 1. The van der Waals surface area contributed by atoms with Gasteiger partial charge in [-0.1, -0.05) is 19.9 Å². The fourth-order valence-corrected chi connectivity index (χ4v) is 3.27. The van der Waals surface area contributed by atoms with Gasteiger partial charge in [0.25, 0.3) is 0 Å². The van der Waals surface area contributed by atoms with E-state index in [1.54, 1.807) is 0 Å². The molecule has 1 amide bonds. The summed E-state index contributed by atoms with van der Waals surface area (Å²) in [5, 5.41) is 3.18. The zero-order chi connectivity index (χ0) is 18.0. The van der Waals surface area contributed by atoms with Gasteiger partial charge in [-0.3, -0.25) is 4.79 Å². The maximum absolute atomic E-state index is 12.4. The van der Waals surface area contributed by atoms with Crippen molar-refractivity contribution in [1.29, 1.82) is 0 Å². The number of hydrogen-bond acceptors (Lipinski definition) is 5. The summed E-state index contributed by atoms with van der Waals surface area (Å²) in [6.45, 7) is 8.58. The zero-order valence-corrected chi connectivity index (χ0v) is 15.3. The summed E-state index contributed by atoms with van der Waals surface area (Å²) in [5.74, 6) is 1.45. The number of nitrogens with zero attached hydrogens (tertiary/aromatic N) is 4. The summed E-state index contributed by atoms with van der Waals surface area (Å²) in [5.41, 5.74) is 2.74. The molecule has 3 heterocycles. The van der Waals surface area contributed by atoms with Crippen LogP contribution in [-0.4, -0.2) is 32.3 Å². The maximum atomic E-state index is 12.4. The number of carbonyl (C=O) groups excluding carboxylic acids is 1. The van der Waals surface area contributed by atoms with Crippen LogP contribution in [-0.2, 0) is 4.79 Å². The minimum Gasteiger partial charge on any atom is -0.334 e. The Labute approximate surface area is 148 Å². The quantitative estimate of drug-likeness (QED) is 0.922. The molecular weight excluding hydrogens is 314 g/mol. The lowest BCUT2D eigenvalue weighted by atomic mass is 10.1. The molecule has 1 aliphatic rings. The van der Waals surface area contributed by atoms with Gasteiger partial charge in [0.2, 0.25) is 11.9 Å². The molecular formula is C19H25N5O. The van der Waals surface area contributed by atoms with E-state index in [0.717, 1.165) is 36.5 Å². The van der Waals surface area contributed by atoms with Gasteiger partial charge in [-0.15, -0.1) is 0 Å². The van der Waals surface area contributed by atoms with Crippen LogP contribution < -0.4 is 5.32 Å². The fraction of sp³-hybridized carbons (Fsp3) is 0.474. The molecule has 132 valence electrons. The Balaban J connectivity index is 1.82. The smallest absolute Gasteiger partial charge is 0.228 e. The van der Waals surface area contributed by atoms with Crippen LogP contribution in [0.25, 0.3) is 0 Å². The first-order chi connectivity index (χ1) is 11.9. The standard InChI is InChI=1S/C19H25N5O/c1-12(2)18(25)24-10-6-8-16(24)15-7-5-9-17(22-15)23-19-20-13(3)11-14(4)21-19/h5,7,9,11-12,16H,6,8,10H2,1-4H3,(H,20,21,22,23)/t16-/m0/s1. The molecule has 1 aliphatic heterocycles. The van der Waals surface area contributed by atoms with Crippen molar-refractivity contribution >= 4 is 17.7 Å². The van der Waals surface area contributed by atoms with Gasteiger partial charge >= 0.3 is 0 Å². The van der Waals surface area contributed by atoms with E-state index in [-0.39, 0.29) is 17.9 Å². The normalized spacial score (nSPS) is 17.2. The van der Waals surface area contributed by atoms with Gasteiger partial charge in [-0.25, -0.2) is 15.0 Å². The first kappa shape index (κ1) is 17.3. The van der Waals surface area contributed by atoms with Gasteiger partial charge in [0.1, 0.15) is 5.82 Å². The monoisotopic (exact) mass is 339 g/mol. The number of likely N-dealkylation sites (tertiary alicyclic amines) is 1. The zero-order valence-electron chi connectivity index (χ0n) is 15.3. The van der Waals surface area contributed by atoms with E-state index >= 15 is 0 Å². The molecule has 0 aliphatic carbocycles. The third-order valence-corrected chi connectivity index (χ3v) is 4.36. The number of aryl methyl sites for hydroxylation is 2. The van der Waals surface area contributed by atoms with E-state index in [2.05, 4.69) is 15.3 Å². The molecule has 0 unspecified atom stereocenters. The Hall–Kier alpha value is -2.50.